The van der Waals surface area contributed by atoms with Crippen LogP contribution in [-0.2, 0) is 0 Å². The summed E-state index contributed by atoms with van der Waals surface area (Å²) in [6.07, 6.45) is 0. The molecular weight excluding hydrogens is 288 g/mol. The van der Waals surface area contributed by atoms with Crippen molar-refractivity contribution in [3.63, 3.8) is 0 Å². The van der Waals surface area contributed by atoms with E-state index in [1.54, 1.807) is 10.7 Å². The number of benzene rings is 1. The van der Waals surface area contributed by atoms with Crippen LogP contribution in [0.25, 0.3) is 5.69 Å². The molecule has 1 N–H and O–H groups in total. The Hall–Kier alpha value is -2.95. The Labute approximate surface area is 135 Å². The molecule has 0 atom stereocenters. The Balaban J connectivity index is 1.91. The number of anilines is 1. The first-order valence-electron chi connectivity index (χ1n) is 7.41. The topological polar surface area (TPSA) is 59.8 Å². The lowest BCUT2D eigenvalue weighted by Crippen LogP contribution is -2.16. The Morgan fingerprint density at radius 2 is 1.74 bits per heavy atom. The molecule has 0 unspecified atom stereocenters. The van der Waals surface area contributed by atoms with E-state index in [1.807, 2.05) is 63.2 Å². The van der Waals surface area contributed by atoms with E-state index in [2.05, 4.69) is 15.4 Å². The molecule has 0 aliphatic rings. The van der Waals surface area contributed by atoms with Gasteiger partial charge in [-0.2, -0.15) is 5.10 Å². The summed E-state index contributed by atoms with van der Waals surface area (Å²) in [4.78, 5) is 16.6. The minimum atomic E-state index is -0.248. The number of hydrogen-bond acceptors (Lipinski definition) is 3. The molecule has 5 heteroatoms. The van der Waals surface area contributed by atoms with Crippen LogP contribution in [0.2, 0.25) is 0 Å². The highest BCUT2D eigenvalue weighted by atomic mass is 16.2. The Morgan fingerprint density at radius 3 is 2.43 bits per heavy atom. The molecule has 0 bridgehead atoms. The van der Waals surface area contributed by atoms with E-state index >= 15 is 0 Å². The van der Waals surface area contributed by atoms with E-state index in [0.29, 0.717) is 11.5 Å². The third-order valence-electron chi connectivity index (χ3n) is 3.47. The number of pyridine rings is 1. The fraction of sp³-hybridized carbons (Fsp3) is 0.167. The lowest BCUT2D eigenvalue weighted by atomic mass is 10.2. The third-order valence-corrected chi connectivity index (χ3v) is 3.47. The van der Waals surface area contributed by atoms with Crippen molar-refractivity contribution in [2.45, 2.75) is 20.8 Å². The fourth-order valence-electron chi connectivity index (χ4n) is 2.32. The predicted octanol–water partition coefficient (Wildman–Crippen LogP) is 3.44. The summed E-state index contributed by atoms with van der Waals surface area (Å²) in [6, 6.07) is 15.2. The summed E-state index contributed by atoms with van der Waals surface area (Å²) >= 11 is 0. The van der Waals surface area contributed by atoms with Gasteiger partial charge in [0.1, 0.15) is 11.5 Å². The molecule has 3 aromatic rings. The average Bonchev–Trinajstić information content (AvgIpc) is 2.88. The number of aryl methyl sites for hydroxylation is 3. The summed E-state index contributed by atoms with van der Waals surface area (Å²) in [5.41, 5.74) is 4.10. The van der Waals surface area contributed by atoms with Crippen LogP contribution in [-0.4, -0.2) is 20.7 Å². The quantitative estimate of drug-likeness (QED) is 0.806. The van der Waals surface area contributed by atoms with Crippen LogP contribution in [0.4, 0.5) is 5.82 Å². The first-order chi connectivity index (χ1) is 11.0. The molecular formula is C18H18N4O. The number of carbonyl (C=O) groups excluding carboxylic acids is 1. The molecule has 1 amide bonds. The van der Waals surface area contributed by atoms with Gasteiger partial charge in [0.2, 0.25) is 0 Å². The van der Waals surface area contributed by atoms with Crippen molar-refractivity contribution < 1.29 is 4.79 Å². The maximum absolute atomic E-state index is 12.4. The number of rotatable bonds is 3. The Kier molecular flexibility index (Phi) is 3.93. The highest BCUT2D eigenvalue weighted by Gasteiger charge is 2.13. The molecule has 0 aliphatic heterocycles. The van der Waals surface area contributed by atoms with E-state index in [-0.39, 0.29) is 5.91 Å². The minimum absolute atomic E-state index is 0.248. The molecule has 0 fully saturated rings. The molecule has 0 saturated heterocycles. The second kappa shape index (κ2) is 6.04. The molecule has 2 heterocycles. The summed E-state index contributed by atoms with van der Waals surface area (Å²) < 4.78 is 1.72. The van der Waals surface area contributed by atoms with Crippen molar-refractivity contribution >= 4 is 11.7 Å². The van der Waals surface area contributed by atoms with Gasteiger partial charge in [0.05, 0.1) is 11.4 Å². The van der Waals surface area contributed by atoms with Gasteiger partial charge in [-0.25, -0.2) is 9.67 Å². The summed E-state index contributed by atoms with van der Waals surface area (Å²) in [7, 11) is 0. The first kappa shape index (κ1) is 15.0. The van der Waals surface area contributed by atoms with Gasteiger partial charge in [-0.3, -0.25) is 4.79 Å². The number of aromatic nitrogens is 3. The van der Waals surface area contributed by atoms with Gasteiger partial charge in [0.25, 0.3) is 5.91 Å². The third kappa shape index (κ3) is 3.29. The van der Waals surface area contributed by atoms with E-state index in [9.17, 15) is 4.79 Å². The zero-order chi connectivity index (χ0) is 16.4. The molecule has 5 nitrogen and oxygen atoms in total. The predicted molar refractivity (Wildman–Crippen MR) is 90.0 cm³/mol. The summed E-state index contributed by atoms with van der Waals surface area (Å²) in [5.74, 6) is 0.377. The van der Waals surface area contributed by atoms with Crippen LogP contribution < -0.4 is 5.32 Å². The van der Waals surface area contributed by atoms with Crippen LogP contribution in [0.15, 0.2) is 48.5 Å². The van der Waals surface area contributed by atoms with Crippen molar-refractivity contribution in [1.82, 2.24) is 14.8 Å². The number of carbonyl (C=O) groups is 1. The van der Waals surface area contributed by atoms with Crippen molar-refractivity contribution in [2.24, 2.45) is 0 Å². The normalized spacial score (nSPS) is 10.6. The molecule has 2 aromatic heterocycles. The molecule has 0 radical (unpaired) electrons. The summed E-state index contributed by atoms with van der Waals surface area (Å²) in [6.45, 7) is 5.78. The largest absolute Gasteiger partial charge is 0.305 e. The molecule has 0 saturated carbocycles. The maximum Gasteiger partial charge on any atom is 0.275 e. The van der Waals surface area contributed by atoms with Gasteiger partial charge in [-0.05, 0) is 45.0 Å². The number of hydrogen-bond donors (Lipinski definition) is 1. The van der Waals surface area contributed by atoms with E-state index in [0.717, 1.165) is 17.1 Å². The lowest BCUT2D eigenvalue weighted by molar-refractivity contribution is 0.102. The van der Waals surface area contributed by atoms with E-state index in [4.69, 9.17) is 0 Å². The molecule has 0 aliphatic carbocycles. The van der Waals surface area contributed by atoms with Crippen molar-refractivity contribution in [3.8, 4) is 5.69 Å². The number of nitrogens with zero attached hydrogens (tertiary/aromatic N) is 3. The van der Waals surface area contributed by atoms with Crippen LogP contribution in [0.3, 0.4) is 0 Å². The van der Waals surface area contributed by atoms with Crippen molar-refractivity contribution in [2.75, 3.05) is 5.32 Å². The summed E-state index contributed by atoms with van der Waals surface area (Å²) in [5, 5.41) is 7.34. The lowest BCUT2D eigenvalue weighted by Gasteiger charge is -2.09. The highest BCUT2D eigenvalue weighted by molar-refractivity contribution is 6.02. The monoisotopic (exact) mass is 306 g/mol. The van der Waals surface area contributed by atoms with E-state index < -0.39 is 0 Å². The standard InChI is InChI=1S/C18H18N4O/c1-12-7-9-15(10-8-12)22-17(11-14(3)21-22)20-18(23)16-6-4-5-13(2)19-16/h4-11H,1-3H3,(H,20,23). The Bertz CT molecular complexity index is 850. The van der Waals surface area contributed by atoms with Gasteiger partial charge < -0.3 is 5.32 Å². The molecule has 0 spiro atoms. The maximum atomic E-state index is 12.4. The zero-order valence-corrected chi connectivity index (χ0v) is 13.4. The van der Waals surface area contributed by atoms with Gasteiger partial charge >= 0.3 is 0 Å². The molecule has 1 aromatic carbocycles. The zero-order valence-electron chi connectivity index (χ0n) is 13.4. The second-order valence-electron chi connectivity index (χ2n) is 5.54. The van der Waals surface area contributed by atoms with Gasteiger partial charge in [-0.15, -0.1) is 0 Å². The van der Waals surface area contributed by atoms with E-state index in [1.165, 1.54) is 5.56 Å². The number of amides is 1. The highest BCUT2D eigenvalue weighted by Crippen LogP contribution is 2.18. The first-order valence-corrected chi connectivity index (χ1v) is 7.41. The average molecular weight is 306 g/mol. The van der Waals surface area contributed by atoms with Crippen molar-refractivity contribution in [1.29, 1.82) is 0 Å². The van der Waals surface area contributed by atoms with Crippen LogP contribution in [0.5, 0.6) is 0 Å². The molecule has 116 valence electrons. The second-order valence-corrected chi connectivity index (χ2v) is 5.54. The van der Waals surface area contributed by atoms with Crippen LogP contribution in [0, 0.1) is 20.8 Å². The van der Waals surface area contributed by atoms with Crippen LogP contribution >= 0.6 is 0 Å². The van der Waals surface area contributed by atoms with Gasteiger partial charge in [0, 0.05) is 11.8 Å². The SMILES string of the molecule is Cc1ccc(-n2nc(C)cc2NC(=O)c2cccc(C)n2)cc1. The number of nitrogens with one attached hydrogen (secondary N) is 1. The molecule has 23 heavy (non-hydrogen) atoms. The van der Waals surface area contributed by atoms with Crippen LogP contribution in [0.1, 0.15) is 27.4 Å². The smallest absolute Gasteiger partial charge is 0.275 e. The van der Waals surface area contributed by atoms with Gasteiger partial charge in [0.15, 0.2) is 0 Å². The van der Waals surface area contributed by atoms with Crippen molar-refractivity contribution in [3.05, 3.63) is 71.2 Å². The molecule has 3 rings (SSSR count). The van der Waals surface area contributed by atoms with Gasteiger partial charge in [-0.1, -0.05) is 23.8 Å². The minimum Gasteiger partial charge on any atom is -0.305 e. The Morgan fingerprint density at radius 1 is 1.00 bits per heavy atom. The fourth-order valence-corrected chi connectivity index (χ4v) is 2.32.